The van der Waals surface area contributed by atoms with Gasteiger partial charge in [-0.25, -0.2) is 4.79 Å². The van der Waals surface area contributed by atoms with Crippen LogP contribution in [-0.4, -0.2) is 50.7 Å². The molecular formula is C29H32N2O8. The van der Waals surface area contributed by atoms with Gasteiger partial charge in [-0.15, -0.1) is 0 Å². The molecule has 10 heteroatoms. The van der Waals surface area contributed by atoms with Crippen molar-refractivity contribution in [2.75, 3.05) is 34.0 Å². The molecule has 1 N–H and O–H groups in total. The average Bonchev–Trinajstić information content (AvgIpc) is 2.93. The highest BCUT2D eigenvalue weighted by Gasteiger charge is 2.42. The summed E-state index contributed by atoms with van der Waals surface area (Å²) in [4.78, 5) is 38.1. The van der Waals surface area contributed by atoms with E-state index in [0.717, 1.165) is 5.56 Å². The van der Waals surface area contributed by atoms with Crippen LogP contribution in [0.4, 0.5) is 5.69 Å². The molecule has 39 heavy (non-hydrogen) atoms. The van der Waals surface area contributed by atoms with Crippen LogP contribution < -0.4 is 14.8 Å². The molecule has 0 bridgehead atoms. The van der Waals surface area contributed by atoms with Gasteiger partial charge in [-0.2, -0.15) is 0 Å². The zero-order valence-electron chi connectivity index (χ0n) is 22.4. The fraction of sp³-hybridized carbons (Fsp3) is 0.379. The average molecular weight is 537 g/mol. The van der Waals surface area contributed by atoms with E-state index in [2.05, 4.69) is 5.32 Å². The summed E-state index contributed by atoms with van der Waals surface area (Å²) in [6.07, 6.45) is 0.707. The molecule has 0 amide bonds. The Balaban J connectivity index is 1.75. The Morgan fingerprint density at radius 3 is 2.51 bits per heavy atom. The Labute approximate surface area is 226 Å². The first-order valence-corrected chi connectivity index (χ1v) is 12.7. The van der Waals surface area contributed by atoms with E-state index in [0.29, 0.717) is 47.1 Å². The van der Waals surface area contributed by atoms with Crippen molar-refractivity contribution in [1.29, 1.82) is 0 Å². The van der Waals surface area contributed by atoms with Crippen molar-refractivity contribution in [1.82, 2.24) is 5.32 Å². The van der Waals surface area contributed by atoms with Crippen molar-refractivity contribution in [3.8, 4) is 11.5 Å². The number of hydrogen-bond donors (Lipinski definition) is 1. The normalized spacial score (nSPS) is 18.8. The number of non-ortho nitro benzene ring substituents is 1. The lowest BCUT2D eigenvalue weighted by Crippen LogP contribution is -2.36. The number of carbonyl (C=O) groups is 2. The maximum atomic E-state index is 13.8. The third-order valence-corrected chi connectivity index (χ3v) is 7.01. The van der Waals surface area contributed by atoms with E-state index >= 15 is 0 Å². The van der Waals surface area contributed by atoms with Crippen molar-refractivity contribution < 1.29 is 33.5 Å². The number of hydrogen-bond acceptors (Lipinski definition) is 9. The number of Topliss-reactive ketones (excluding diaryl/α,β-unsaturated/α-hetero) is 1. The summed E-state index contributed by atoms with van der Waals surface area (Å²) in [6, 6.07) is 11.6. The second-order valence-corrected chi connectivity index (χ2v) is 9.32. The van der Waals surface area contributed by atoms with Gasteiger partial charge in [-0.3, -0.25) is 14.9 Å². The molecular weight excluding hydrogens is 504 g/mol. The van der Waals surface area contributed by atoms with Gasteiger partial charge in [-0.1, -0.05) is 18.2 Å². The Kier molecular flexibility index (Phi) is 8.65. The van der Waals surface area contributed by atoms with Gasteiger partial charge in [0.15, 0.2) is 17.3 Å². The molecule has 10 nitrogen and oxygen atoms in total. The minimum absolute atomic E-state index is 0.0480. The van der Waals surface area contributed by atoms with Crippen LogP contribution >= 0.6 is 0 Å². The minimum Gasteiger partial charge on any atom is -0.493 e. The Hall–Kier alpha value is -4.18. The standard InChI is InChI=1S/C29H32N2O8/c1-5-38-11-12-39-29(33)26-17(2)30-22-14-20(18-9-10-24(36-3)25(16-18)37-4)15-23(32)28(22)27(26)19-7-6-8-21(13-19)31(34)35/h6-10,13,16,20,27,30H,5,11-12,14-15H2,1-4H3/t20-,27-/m0/s1. The predicted octanol–water partition coefficient (Wildman–Crippen LogP) is 4.55. The number of esters is 1. The number of allylic oxidation sites excluding steroid dienone is 3. The number of methoxy groups -OCH3 is 2. The predicted molar refractivity (Wildman–Crippen MR) is 143 cm³/mol. The van der Waals surface area contributed by atoms with Gasteiger partial charge in [0.05, 0.1) is 31.3 Å². The lowest BCUT2D eigenvalue weighted by Gasteiger charge is -2.36. The fourth-order valence-electron chi connectivity index (χ4n) is 5.22. The number of nitrogens with zero attached hydrogens (tertiary/aromatic N) is 1. The number of rotatable bonds is 10. The number of nitro groups is 1. The molecule has 4 rings (SSSR count). The van der Waals surface area contributed by atoms with Crippen LogP contribution in [0.1, 0.15) is 49.7 Å². The molecule has 0 saturated heterocycles. The largest absolute Gasteiger partial charge is 0.493 e. The molecule has 0 unspecified atom stereocenters. The lowest BCUT2D eigenvalue weighted by atomic mass is 9.71. The number of benzene rings is 2. The van der Waals surface area contributed by atoms with Crippen LogP contribution in [0, 0.1) is 10.1 Å². The quantitative estimate of drug-likeness (QED) is 0.201. The highest BCUT2D eigenvalue weighted by Crippen LogP contribution is 2.46. The SMILES string of the molecule is CCOCCOC(=O)C1=C(C)NC2=C(C(=O)C[C@@H](c3ccc(OC)c(OC)c3)C2)[C@H]1c1cccc([N+](=O)[O-])c1. The minimum atomic E-state index is -0.806. The maximum Gasteiger partial charge on any atom is 0.336 e. The van der Waals surface area contributed by atoms with E-state index in [1.807, 2.05) is 25.1 Å². The molecule has 0 saturated carbocycles. The second kappa shape index (κ2) is 12.1. The second-order valence-electron chi connectivity index (χ2n) is 9.32. The fourth-order valence-corrected chi connectivity index (χ4v) is 5.22. The van der Waals surface area contributed by atoms with Crippen LogP contribution in [0.25, 0.3) is 0 Å². The topological polar surface area (TPSA) is 126 Å². The molecule has 0 spiro atoms. The number of nitro benzene ring substituents is 1. The summed E-state index contributed by atoms with van der Waals surface area (Å²) in [5.41, 5.74) is 3.18. The summed E-state index contributed by atoms with van der Waals surface area (Å²) in [7, 11) is 3.12. The zero-order chi connectivity index (χ0) is 28.1. The van der Waals surface area contributed by atoms with Crippen molar-refractivity contribution in [2.24, 2.45) is 0 Å². The summed E-state index contributed by atoms with van der Waals surface area (Å²) >= 11 is 0. The lowest BCUT2D eigenvalue weighted by molar-refractivity contribution is -0.384. The van der Waals surface area contributed by atoms with Gasteiger partial charge >= 0.3 is 5.97 Å². The smallest absolute Gasteiger partial charge is 0.336 e. The van der Waals surface area contributed by atoms with Gasteiger partial charge in [0, 0.05) is 48.0 Å². The van der Waals surface area contributed by atoms with Crippen molar-refractivity contribution in [3.05, 3.63) is 86.2 Å². The third-order valence-electron chi connectivity index (χ3n) is 7.01. The van der Waals surface area contributed by atoms with E-state index in [9.17, 15) is 19.7 Å². The zero-order valence-corrected chi connectivity index (χ0v) is 22.4. The molecule has 0 aromatic heterocycles. The van der Waals surface area contributed by atoms with Crippen LogP contribution in [-0.2, 0) is 19.1 Å². The van der Waals surface area contributed by atoms with Crippen molar-refractivity contribution >= 4 is 17.4 Å². The highest BCUT2D eigenvalue weighted by atomic mass is 16.6. The first-order chi connectivity index (χ1) is 18.8. The van der Waals surface area contributed by atoms with Crippen LogP contribution in [0.2, 0.25) is 0 Å². The van der Waals surface area contributed by atoms with Crippen molar-refractivity contribution in [3.63, 3.8) is 0 Å². The van der Waals surface area contributed by atoms with E-state index in [1.165, 1.54) is 12.1 Å². The van der Waals surface area contributed by atoms with E-state index in [4.69, 9.17) is 18.9 Å². The molecule has 1 heterocycles. The van der Waals surface area contributed by atoms with E-state index in [-0.39, 0.29) is 42.6 Å². The van der Waals surface area contributed by atoms with Crippen LogP contribution in [0.15, 0.2) is 65.0 Å². The van der Waals surface area contributed by atoms with E-state index < -0.39 is 16.8 Å². The number of nitrogens with one attached hydrogen (secondary N) is 1. The molecule has 1 aliphatic heterocycles. The van der Waals surface area contributed by atoms with Crippen LogP contribution in [0.3, 0.4) is 0 Å². The van der Waals surface area contributed by atoms with Crippen LogP contribution in [0.5, 0.6) is 11.5 Å². The van der Waals surface area contributed by atoms with Gasteiger partial charge in [-0.05, 0) is 49.4 Å². The molecule has 0 radical (unpaired) electrons. The summed E-state index contributed by atoms with van der Waals surface area (Å²) < 4.78 is 21.6. The van der Waals surface area contributed by atoms with Gasteiger partial charge in [0.25, 0.3) is 5.69 Å². The molecule has 1 aliphatic carbocycles. The molecule has 2 atom stereocenters. The monoisotopic (exact) mass is 536 g/mol. The molecule has 0 fully saturated rings. The van der Waals surface area contributed by atoms with Gasteiger partial charge in [0.1, 0.15) is 6.61 Å². The van der Waals surface area contributed by atoms with E-state index in [1.54, 1.807) is 33.3 Å². The third kappa shape index (κ3) is 5.80. The summed E-state index contributed by atoms with van der Waals surface area (Å²) in [6.45, 7) is 4.37. The number of carbonyl (C=O) groups excluding carboxylic acids is 2. The Morgan fingerprint density at radius 1 is 1.05 bits per heavy atom. The Bertz CT molecular complexity index is 1350. The number of dihydropyridines is 1. The molecule has 206 valence electrons. The highest BCUT2D eigenvalue weighted by molar-refractivity contribution is 6.04. The first-order valence-electron chi connectivity index (χ1n) is 12.7. The first kappa shape index (κ1) is 27.8. The molecule has 2 aromatic rings. The summed E-state index contributed by atoms with van der Waals surface area (Å²) in [5.74, 6) is -0.524. The molecule has 2 aliphatic rings. The van der Waals surface area contributed by atoms with Crippen molar-refractivity contribution in [2.45, 2.75) is 38.5 Å². The summed E-state index contributed by atoms with van der Waals surface area (Å²) in [5, 5.41) is 14.8. The maximum absolute atomic E-state index is 13.8. The molecule has 2 aromatic carbocycles. The Morgan fingerprint density at radius 2 is 1.82 bits per heavy atom. The van der Waals surface area contributed by atoms with Gasteiger partial charge < -0.3 is 24.3 Å². The van der Waals surface area contributed by atoms with Gasteiger partial charge in [0.2, 0.25) is 0 Å². The number of ether oxygens (including phenoxy) is 4. The number of ketones is 1.